The first-order valence-corrected chi connectivity index (χ1v) is 14.9. The summed E-state index contributed by atoms with van der Waals surface area (Å²) >= 11 is 6.04. The number of primary sulfonamides is 1. The zero-order chi connectivity index (χ0) is 32.6. The third-order valence-electron chi connectivity index (χ3n) is 6.04. The maximum Gasteiger partial charge on any atom is 0.340 e. The Balaban J connectivity index is 1.52. The molecule has 0 bridgehead atoms. The average Bonchev–Trinajstić information content (AvgIpc) is 3.46. The standard InChI is InChI=1S/C28H29ClF3N3O8S/c1-15(35-16(2)26(36)17-8-18(30)10-19(31)9-17)14-43-28(38)23(32)5-7-42-27(37)21-11-25(44(33,39)40)22(29)12-24(21)34-13-20-4-3-6-41-20/h3-4,6,8-12,15-16,23,34-35H,5,7,13-14H2,1-2H3,(H2,33,39,40)/t15-,16-,23+/m1/s1. The Labute approximate surface area is 255 Å². The highest BCUT2D eigenvalue weighted by molar-refractivity contribution is 7.89. The lowest BCUT2D eigenvalue weighted by atomic mass is 10.0. The molecule has 0 amide bonds. The molecule has 1 aromatic heterocycles. The molecular formula is C28H29ClF3N3O8S. The number of rotatable bonds is 15. The van der Waals surface area contributed by atoms with Crippen LogP contribution in [-0.4, -0.2) is 57.6 Å². The van der Waals surface area contributed by atoms with Crippen molar-refractivity contribution < 1.29 is 49.9 Å². The zero-order valence-electron chi connectivity index (χ0n) is 23.4. The molecule has 0 saturated carbocycles. The molecular weight excluding hydrogens is 631 g/mol. The van der Waals surface area contributed by atoms with Gasteiger partial charge in [0.05, 0.1) is 41.7 Å². The quantitative estimate of drug-likeness (QED) is 0.159. The summed E-state index contributed by atoms with van der Waals surface area (Å²) in [7, 11) is -4.31. The van der Waals surface area contributed by atoms with Crippen LogP contribution in [0.15, 0.2) is 58.0 Å². The molecule has 3 atom stereocenters. The SMILES string of the molecule is C[C@H](COC(=O)[C@@H](F)CCOC(=O)c1cc(S(N)(=O)=O)c(Cl)cc1NCc1ccco1)N[C@H](C)C(=O)c1cc(F)cc(F)c1. The van der Waals surface area contributed by atoms with Crippen LogP contribution in [0.3, 0.4) is 0 Å². The number of sulfonamides is 1. The minimum atomic E-state index is -4.31. The summed E-state index contributed by atoms with van der Waals surface area (Å²) in [5.74, 6) is -4.25. The zero-order valence-corrected chi connectivity index (χ0v) is 25.0. The number of Topliss-reactive ketones (excluding diaryl/α,β-unsaturated/α-hetero) is 1. The van der Waals surface area contributed by atoms with Gasteiger partial charge in [-0.2, -0.15) is 0 Å². The van der Waals surface area contributed by atoms with E-state index in [0.29, 0.717) is 11.8 Å². The van der Waals surface area contributed by atoms with Crippen molar-refractivity contribution in [3.63, 3.8) is 0 Å². The molecule has 0 radical (unpaired) electrons. The summed E-state index contributed by atoms with van der Waals surface area (Å²) in [4.78, 5) is 36.8. The van der Waals surface area contributed by atoms with E-state index < -0.39 is 75.6 Å². The number of nitrogens with two attached hydrogens (primary N) is 1. The van der Waals surface area contributed by atoms with Gasteiger partial charge >= 0.3 is 11.9 Å². The van der Waals surface area contributed by atoms with E-state index >= 15 is 0 Å². The Morgan fingerprint density at radius 2 is 1.75 bits per heavy atom. The second kappa shape index (κ2) is 15.2. The first-order chi connectivity index (χ1) is 20.6. The van der Waals surface area contributed by atoms with Crippen molar-refractivity contribution in [2.75, 3.05) is 18.5 Å². The van der Waals surface area contributed by atoms with E-state index in [1.165, 1.54) is 20.1 Å². The Bertz CT molecular complexity index is 1590. The van der Waals surface area contributed by atoms with Crippen molar-refractivity contribution in [2.24, 2.45) is 5.14 Å². The van der Waals surface area contributed by atoms with Crippen molar-refractivity contribution >= 4 is 45.0 Å². The Kier molecular flexibility index (Phi) is 11.9. The van der Waals surface area contributed by atoms with Crippen molar-refractivity contribution in [3.8, 4) is 0 Å². The highest BCUT2D eigenvalue weighted by Crippen LogP contribution is 2.29. The summed E-state index contributed by atoms with van der Waals surface area (Å²) < 4.78 is 80.3. The van der Waals surface area contributed by atoms with Gasteiger partial charge in [0.2, 0.25) is 16.2 Å². The molecule has 44 heavy (non-hydrogen) atoms. The lowest BCUT2D eigenvalue weighted by Crippen LogP contribution is -2.43. The Morgan fingerprint density at radius 3 is 2.36 bits per heavy atom. The fourth-order valence-corrected chi connectivity index (χ4v) is 5.03. The molecule has 2 aromatic carbocycles. The molecule has 0 aliphatic rings. The third-order valence-corrected chi connectivity index (χ3v) is 7.42. The number of anilines is 1. The highest BCUT2D eigenvalue weighted by Gasteiger charge is 2.25. The Hall–Kier alpha value is -3.92. The predicted molar refractivity (Wildman–Crippen MR) is 152 cm³/mol. The molecule has 3 aromatic rings. The van der Waals surface area contributed by atoms with Crippen molar-refractivity contribution in [1.82, 2.24) is 5.32 Å². The number of furan rings is 1. The van der Waals surface area contributed by atoms with E-state index in [2.05, 4.69) is 10.6 Å². The first-order valence-electron chi connectivity index (χ1n) is 13.0. The molecule has 238 valence electrons. The molecule has 0 saturated heterocycles. The van der Waals surface area contributed by atoms with Crippen LogP contribution >= 0.6 is 11.6 Å². The van der Waals surface area contributed by atoms with Crippen LogP contribution in [0.1, 0.15) is 46.7 Å². The number of carbonyl (C=O) groups is 3. The molecule has 3 rings (SSSR count). The minimum Gasteiger partial charge on any atom is -0.467 e. The molecule has 0 spiro atoms. The van der Waals surface area contributed by atoms with Gasteiger partial charge < -0.3 is 24.5 Å². The number of carbonyl (C=O) groups excluding carboxylic acids is 3. The Morgan fingerprint density at radius 1 is 1.07 bits per heavy atom. The van der Waals surface area contributed by atoms with Gasteiger partial charge in [0, 0.05) is 24.1 Å². The maximum atomic E-state index is 14.5. The molecule has 0 aliphatic heterocycles. The summed E-state index contributed by atoms with van der Waals surface area (Å²) in [6, 6.07) is 6.21. The van der Waals surface area contributed by atoms with E-state index in [0.717, 1.165) is 24.3 Å². The largest absolute Gasteiger partial charge is 0.467 e. The lowest BCUT2D eigenvalue weighted by Gasteiger charge is -2.20. The summed E-state index contributed by atoms with van der Waals surface area (Å²) in [5.41, 5.74) is -0.380. The van der Waals surface area contributed by atoms with Crippen LogP contribution in [0.4, 0.5) is 18.9 Å². The normalized spacial score (nSPS) is 13.5. The molecule has 11 nitrogen and oxygen atoms in total. The van der Waals surface area contributed by atoms with Gasteiger partial charge in [0.25, 0.3) is 0 Å². The van der Waals surface area contributed by atoms with Gasteiger partial charge in [0.1, 0.15) is 28.9 Å². The summed E-state index contributed by atoms with van der Waals surface area (Å²) in [6.45, 7) is 2.15. The number of alkyl halides is 1. The second-order valence-electron chi connectivity index (χ2n) is 9.64. The lowest BCUT2D eigenvalue weighted by molar-refractivity contribution is -0.150. The summed E-state index contributed by atoms with van der Waals surface area (Å²) in [5, 5.41) is 10.6. The second-order valence-corrected chi connectivity index (χ2v) is 11.6. The number of ketones is 1. The summed E-state index contributed by atoms with van der Waals surface area (Å²) in [6.07, 6.45) is -1.35. The first kappa shape index (κ1) is 34.6. The van der Waals surface area contributed by atoms with Crippen molar-refractivity contribution in [3.05, 3.63) is 82.3 Å². The number of benzene rings is 2. The van der Waals surface area contributed by atoms with Gasteiger partial charge in [-0.05, 0) is 50.2 Å². The van der Waals surface area contributed by atoms with Crippen LogP contribution < -0.4 is 15.8 Å². The number of nitrogens with one attached hydrogen (secondary N) is 2. The van der Waals surface area contributed by atoms with Crippen LogP contribution in [-0.2, 0) is 30.8 Å². The van der Waals surface area contributed by atoms with E-state index in [4.69, 9.17) is 30.6 Å². The van der Waals surface area contributed by atoms with Gasteiger partial charge in [-0.25, -0.2) is 36.3 Å². The predicted octanol–water partition coefficient (Wildman–Crippen LogP) is 4.15. The fraction of sp³-hybridized carbons (Fsp3) is 0.321. The fourth-order valence-electron chi connectivity index (χ4n) is 3.93. The number of hydrogen-bond acceptors (Lipinski definition) is 10. The van der Waals surface area contributed by atoms with E-state index in [1.807, 2.05) is 0 Å². The monoisotopic (exact) mass is 659 g/mol. The van der Waals surface area contributed by atoms with Gasteiger partial charge in [0.15, 0.2) is 5.78 Å². The van der Waals surface area contributed by atoms with Crippen molar-refractivity contribution in [1.29, 1.82) is 0 Å². The van der Waals surface area contributed by atoms with E-state index in [1.54, 1.807) is 12.1 Å². The topological polar surface area (TPSA) is 167 Å². The van der Waals surface area contributed by atoms with Crippen LogP contribution in [0.5, 0.6) is 0 Å². The smallest absolute Gasteiger partial charge is 0.340 e. The van der Waals surface area contributed by atoms with E-state index in [9.17, 15) is 36.0 Å². The van der Waals surface area contributed by atoms with Gasteiger partial charge in [-0.15, -0.1) is 0 Å². The number of halogens is 4. The molecule has 0 aliphatic carbocycles. The maximum absolute atomic E-state index is 14.5. The van der Waals surface area contributed by atoms with Crippen molar-refractivity contribution in [2.45, 2.75) is 50.0 Å². The number of ether oxygens (including phenoxy) is 2. The third kappa shape index (κ3) is 9.80. The molecule has 1 heterocycles. The molecule has 0 fully saturated rings. The molecule has 0 unspecified atom stereocenters. The number of hydrogen-bond donors (Lipinski definition) is 3. The van der Waals surface area contributed by atoms with Crippen LogP contribution in [0, 0.1) is 11.6 Å². The van der Waals surface area contributed by atoms with Crippen LogP contribution in [0.2, 0.25) is 5.02 Å². The van der Waals surface area contributed by atoms with Gasteiger partial charge in [-0.3, -0.25) is 4.79 Å². The minimum absolute atomic E-state index is 0.0803. The molecule has 16 heteroatoms. The van der Waals surface area contributed by atoms with Crippen LogP contribution in [0.25, 0.3) is 0 Å². The van der Waals surface area contributed by atoms with Gasteiger partial charge in [-0.1, -0.05) is 11.6 Å². The highest BCUT2D eigenvalue weighted by atomic mass is 35.5. The van der Waals surface area contributed by atoms with E-state index in [-0.39, 0.29) is 35.0 Å². The molecule has 4 N–H and O–H groups in total. The number of esters is 2. The average molecular weight is 660 g/mol.